The fraction of sp³-hybridized carbons (Fsp3) is 0.125. The molecule has 0 spiro atoms. The zero-order chi connectivity index (χ0) is 7.68. The molecule has 2 rings (SSSR count). The summed E-state index contributed by atoms with van der Waals surface area (Å²) in [4.78, 5) is 0. The molecule has 0 saturated heterocycles. The average molecular weight is 146 g/mol. The number of hydrogen-bond donors (Lipinski definition) is 1. The van der Waals surface area contributed by atoms with Gasteiger partial charge >= 0.3 is 63.8 Å². The van der Waals surface area contributed by atoms with Crippen LogP contribution in [0.25, 0.3) is 10.9 Å². The van der Waals surface area contributed by atoms with Crippen LogP contribution in [0, 0.1) is 0 Å². The van der Waals surface area contributed by atoms with E-state index in [0.29, 0.717) is 0 Å². The third-order valence-electron chi connectivity index (χ3n) is 1.70. The molecule has 0 saturated carbocycles. The first-order chi connectivity index (χ1) is 5.40. The van der Waals surface area contributed by atoms with Crippen LogP contribution in [0.1, 0.15) is 5.56 Å². The average Bonchev–Trinajstić information content (AvgIpc) is 2.50. The van der Waals surface area contributed by atoms with Gasteiger partial charge in [0, 0.05) is 0 Å². The molecule has 54 valence electrons. The Morgan fingerprint density at radius 3 is 3.18 bits per heavy atom. The van der Waals surface area contributed by atoms with Gasteiger partial charge in [-0.15, -0.1) is 0 Å². The molecule has 1 heterocycles. The molecular formula is C8H7BO2. The Kier molecular flexibility index (Phi) is 1.51. The van der Waals surface area contributed by atoms with Crippen LogP contribution in [0.5, 0.6) is 0 Å². The van der Waals surface area contributed by atoms with E-state index in [1.807, 2.05) is 25.1 Å². The van der Waals surface area contributed by atoms with Crippen LogP contribution in [-0.4, -0.2) is 12.0 Å². The molecule has 2 aromatic rings. The summed E-state index contributed by atoms with van der Waals surface area (Å²) < 4.78 is 5.15. The van der Waals surface area contributed by atoms with Crippen molar-refractivity contribution >= 4 is 17.8 Å². The summed E-state index contributed by atoms with van der Waals surface area (Å²) in [6.45, 7) is 1.97. The molecule has 3 heteroatoms. The molecule has 0 aliphatic carbocycles. The third kappa shape index (κ3) is 1.07. The molecule has 11 heavy (non-hydrogen) atoms. The molecule has 0 aliphatic rings. The van der Waals surface area contributed by atoms with Crippen molar-refractivity contribution in [2.45, 2.75) is 6.61 Å². The topological polar surface area (TPSA) is 33.4 Å². The first-order valence-corrected chi connectivity index (χ1v) is 3.47. The van der Waals surface area contributed by atoms with Crippen LogP contribution in [0.3, 0.4) is 0 Å². The molecule has 1 aromatic carbocycles. The van der Waals surface area contributed by atoms with Gasteiger partial charge in [-0.2, -0.15) is 0 Å². The van der Waals surface area contributed by atoms with Crippen LogP contribution in [-0.2, 0) is 6.61 Å². The van der Waals surface area contributed by atoms with Crippen LogP contribution < -0.4 is 0 Å². The number of benzene rings is 1. The zero-order valence-electron chi connectivity index (χ0n) is 5.95. The van der Waals surface area contributed by atoms with Crippen molar-refractivity contribution in [1.82, 2.24) is 0 Å². The number of aliphatic hydroxyl groups excluding tert-OH is 1. The van der Waals surface area contributed by atoms with Gasteiger partial charge in [0.1, 0.15) is 0 Å². The third-order valence-corrected chi connectivity index (χ3v) is 1.70. The second-order valence-corrected chi connectivity index (χ2v) is 2.45. The van der Waals surface area contributed by atoms with Gasteiger partial charge in [-0.1, -0.05) is 0 Å². The van der Waals surface area contributed by atoms with Crippen LogP contribution in [0.4, 0.5) is 0 Å². The van der Waals surface area contributed by atoms with Crippen LogP contribution in [0.2, 0.25) is 0 Å². The van der Waals surface area contributed by atoms with Crippen molar-refractivity contribution in [2.75, 3.05) is 0 Å². The fourth-order valence-electron chi connectivity index (χ4n) is 1.10. The number of hydrogen-bond acceptors (Lipinski definition) is 2. The minimum atomic E-state index is 0.0661. The zero-order valence-corrected chi connectivity index (χ0v) is 5.95. The predicted molar refractivity (Wildman–Crippen MR) is 43.5 cm³/mol. The van der Waals surface area contributed by atoms with Gasteiger partial charge in [0.15, 0.2) is 0 Å². The molecule has 1 aromatic heterocycles. The first kappa shape index (κ1) is 6.61. The molecular weight excluding hydrogens is 139 g/mol. The van der Waals surface area contributed by atoms with E-state index < -0.39 is 0 Å². The molecule has 1 N–H and O–H groups in total. The summed E-state index contributed by atoms with van der Waals surface area (Å²) >= 11 is 0. The van der Waals surface area contributed by atoms with Gasteiger partial charge in [0.25, 0.3) is 0 Å². The summed E-state index contributed by atoms with van der Waals surface area (Å²) in [5.74, 6) is 0. The van der Waals surface area contributed by atoms with E-state index >= 15 is 0 Å². The van der Waals surface area contributed by atoms with Gasteiger partial charge < -0.3 is 0 Å². The molecule has 0 atom stereocenters. The summed E-state index contributed by atoms with van der Waals surface area (Å²) in [7, 11) is 0. The van der Waals surface area contributed by atoms with E-state index in [1.54, 1.807) is 6.16 Å². The standard InChI is InChI=1S/C8H7BO2/c10-4-6-1-2-7-8(3-6)11-5-9-7/h1-3,5,10H,4H2. The fourth-order valence-corrected chi connectivity index (χ4v) is 1.10. The molecule has 0 bridgehead atoms. The number of fused-ring (bicyclic) bond motifs is 1. The van der Waals surface area contributed by atoms with Crippen molar-refractivity contribution in [3.8, 4) is 0 Å². The Bertz CT molecular complexity index is 367. The van der Waals surface area contributed by atoms with Crippen molar-refractivity contribution in [3.05, 3.63) is 29.9 Å². The normalized spacial score (nSPS) is 10.3. The monoisotopic (exact) mass is 146 g/mol. The van der Waals surface area contributed by atoms with Crippen molar-refractivity contribution < 1.29 is 9.52 Å². The van der Waals surface area contributed by atoms with Gasteiger partial charge in [0.05, 0.1) is 0 Å². The molecule has 0 aliphatic heterocycles. The van der Waals surface area contributed by atoms with E-state index in [-0.39, 0.29) is 6.61 Å². The van der Waals surface area contributed by atoms with Crippen LogP contribution >= 0.6 is 0 Å². The second-order valence-electron chi connectivity index (χ2n) is 2.45. The van der Waals surface area contributed by atoms with E-state index in [2.05, 4.69) is 0 Å². The van der Waals surface area contributed by atoms with Gasteiger partial charge in [-0.25, -0.2) is 0 Å². The SMILES string of the molecule is OCc1ccc2bcoc2c1. The van der Waals surface area contributed by atoms with E-state index in [1.165, 1.54) is 0 Å². The number of aliphatic hydroxyl groups is 1. The van der Waals surface area contributed by atoms with Gasteiger partial charge in [0.2, 0.25) is 0 Å². The first-order valence-electron chi connectivity index (χ1n) is 3.47. The minimum absolute atomic E-state index is 0.0661. The maximum atomic E-state index is 8.79. The Morgan fingerprint density at radius 1 is 1.45 bits per heavy atom. The molecule has 0 fully saturated rings. The van der Waals surface area contributed by atoms with E-state index in [0.717, 1.165) is 16.4 Å². The summed E-state index contributed by atoms with van der Waals surface area (Å²) in [5, 5.41) is 9.86. The predicted octanol–water partition coefficient (Wildman–Crippen LogP) is 1.26. The Morgan fingerprint density at radius 2 is 2.36 bits per heavy atom. The van der Waals surface area contributed by atoms with Crippen molar-refractivity contribution in [2.24, 2.45) is 0 Å². The maximum absolute atomic E-state index is 8.79. The molecule has 2 nitrogen and oxygen atoms in total. The van der Waals surface area contributed by atoms with E-state index in [9.17, 15) is 0 Å². The Labute approximate surface area is 64.7 Å². The second kappa shape index (κ2) is 2.51. The summed E-state index contributed by atoms with van der Waals surface area (Å²) in [5.41, 5.74) is 1.71. The van der Waals surface area contributed by atoms with E-state index in [4.69, 9.17) is 9.52 Å². The van der Waals surface area contributed by atoms with Crippen molar-refractivity contribution in [3.63, 3.8) is 0 Å². The quantitative estimate of drug-likeness (QED) is 0.656. The Hall–Kier alpha value is -1.09. The Balaban J connectivity index is 2.67. The van der Waals surface area contributed by atoms with Crippen LogP contribution in [0.15, 0.2) is 28.8 Å². The summed E-state index contributed by atoms with van der Waals surface area (Å²) in [6.07, 6.45) is 1.64. The molecule has 0 radical (unpaired) electrons. The van der Waals surface area contributed by atoms with Gasteiger partial charge in [-0.3, -0.25) is 0 Å². The molecule has 0 unspecified atom stereocenters. The summed E-state index contributed by atoms with van der Waals surface area (Å²) in [6, 6.07) is 5.66. The molecule has 0 amide bonds. The number of rotatable bonds is 1. The van der Waals surface area contributed by atoms with Crippen molar-refractivity contribution in [1.29, 1.82) is 0 Å². The van der Waals surface area contributed by atoms with Gasteiger partial charge in [-0.05, 0) is 0 Å².